The third-order valence-corrected chi connectivity index (χ3v) is 3.63. The lowest BCUT2D eigenvalue weighted by atomic mass is 9.92. The summed E-state index contributed by atoms with van der Waals surface area (Å²) in [5.41, 5.74) is 4.35. The molecular weight excluding hydrogens is 206 g/mol. The van der Waals surface area contributed by atoms with Crippen molar-refractivity contribution in [2.75, 3.05) is 13.6 Å². The molecule has 0 atom stereocenters. The van der Waals surface area contributed by atoms with Crippen molar-refractivity contribution in [2.45, 2.75) is 25.2 Å². The fraction of sp³-hybridized carbons (Fsp3) is 0.375. The Balaban J connectivity index is 2.37. The first-order chi connectivity index (χ1) is 8.25. The number of rotatable bonds is 5. The van der Waals surface area contributed by atoms with Crippen molar-refractivity contribution in [1.29, 1.82) is 0 Å². The van der Waals surface area contributed by atoms with Gasteiger partial charge >= 0.3 is 0 Å². The van der Waals surface area contributed by atoms with Crippen molar-refractivity contribution in [3.8, 4) is 0 Å². The molecule has 1 saturated carbocycles. The van der Waals surface area contributed by atoms with E-state index in [4.69, 9.17) is 0 Å². The Hall–Kier alpha value is -1.34. The summed E-state index contributed by atoms with van der Waals surface area (Å²) >= 11 is 0. The lowest BCUT2D eigenvalue weighted by Crippen LogP contribution is -2.23. The highest BCUT2D eigenvalue weighted by Crippen LogP contribution is 2.48. The minimum Gasteiger partial charge on any atom is -0.319 e. The quantitative estimate of drug-likeness (QED) is 0.810. The Morgan fingerprint density at radius 1 is 1.35 bits per heavy atom. The lowest BCUT2D eigenvalue weighted by molar-refractivity contribution is 0.624. The van der Waals surface area contributed by atoms with Crippen LogP contribution in [0.3, 0.4) is 0 Å². The predicted octanol–water partition coefficient (Wildman–Crippen LogP) is 3.61. The Morgan fingerprint density at radius 3 is 2.65 bits per heavy atom. The van der Waals surface area contributed by atoms with Gasteiger partial charge in [-0.1, -0.05) is 43.0 Å². The number of allylic oxidation sites excluding steroid dienone is 1. The molecule has 1 aromatic carbocycles. The molecule has 0 saturated heterocycles. The third-order valence-electron chi connectivity index (χ3n) is 3.63. The Morgan fingerprint density at radius 2 is 2.12 bits per heavy atom. The topological polar surface area (TPSA) is 12.0 Å². The molecule has 1 N–H and O–H groups in total. The third kappa shape index (κ3) is 2.34. The first-order valence-corrected chi connectivity index (χ1v) is 6.30. The Bertz CT molecular complexity index is 439. The van der Waals surface area contributed by atoms with Gasteiger partial charge in [0.25, 0.3) is 0 Å². The second-order valence-electron chi connectivity index (χ2n) is 4.86. The molecule has 0 aromatic heterocycles. The van der Waals surface area contributed by atoms with Gasteiger partial charge in [0.15, 0.2) is 0 Å². The molecule has 0 unspecified atom stereocenters. The summed E-state index contributed by atoms with van der Waals surface area (Å²) < 4.78 is 0. The molecule has 1 nitrogen and oxygen atoms in total. The van der Waals surface area contributed by atoms with Crippen LogP contribution in [0.15, 0.2) is 30.9 Å². The fourth-order valence-corrected chi connectivity index (χ4v) is 2.47. The standard InChI is InChI=1S/C16H21N/c1-4-6-14-11-15(8-7-13(14)5-2)16(9-10-16)12-17-3/h4-8,11,17H,2,9-10,12H2,1,3H3/b6-4-. The predicted molar refractivity (Wildman–Crippen MR) is 76.1 cm³/mol. The van der Waals surface area contributed by atoms with Crippen molar-refractivity contribution in [2.24, 2.45) is 0 Å². The van der Waals surface area contributed by atoms with Crippen molar-refractivity contribution in [1.82, 2.24) is 5.32 Å². The molecule has 2 rings (SSSR count). The molecule has 0 radical (unpaired) electrons. The van der Waals surface area contributed by atoms with Crippen molar-refractivity contribution in [3.05, 3.63) is 47.5 Å². The Labute approximate surface area is 104 Å². The summed E-state index contributed by atoms with van der Waals surface area (Å²) in [4.78, 5) is 0. The largest absolute Gasteiger partial charge is 0.319 e. The van der Waals surface area contributed by atoms with Crippen LogP contribution in [0.1, 0.15) is 36.5 Å². The molecule has 0 aliphatic heterocycles. The molecule has 0 bridgehead atoms. The summed E-state index contributed by atoms with van der Waals surface area (Å²) in [6.45, 7) is 7.01. The molecular formula is C16H21N. The minimum atomic E-state index is 0.394. The summed E-state index contributed by atoms with van der Waals surface area (Å²) in [5, 5.41) is 3.31. The van der Waals surface area contributed by atoms with Crippen LogP contribution in [0.25, 0.3) is 12.2 Å². The van der Waals surface area contributed by atoms with E-state index in [2.05, 4.69) is 49.2 Å². The van der Waals surface area contributed by atoms with Crippen LogP contribution in [0, 0.1) is 0 Å². The van der Waals surface area contributed by atoms with Crippen molar-refractivity contribution >= 4 is 12.2 Å². The second kappa shape index (κ2) is 4.89. The van der Waals surface area contributed by atoms with Crippen LogP contribution >= 0.6 is 0 Å². The van der Waals surface area contributed by atoms with Gasteiger partial charge in [0.2, 0.25) is 0 Å². The molecule has 1 fully saturated rings. The van der Waals surface area contributed by atoms with Crippen LogP contribution in [0.2, 0.25) is 0 Å². The smallest absolute Gasteiger partial charge is 0.00785 e. The zero-order valence-electron chi connectivity index (χ0n) is 10.8. The average molecular weight is 227 g/mol. The second-order valence-corrected chi connectivity index (χ2v) is 4.86. The SMILES string of the molecule is C=Cc1ccc(C2(CNC)CC2)cc1/C=C\C. The van der Waals surface area contributed by atoms with Gasteiger partial charge in [-0.15, -0.1) is 0 Å². The number of nitrogens with one attached hydrogen (secondary N) is 1. The summed E-state index contributed by atoms with van der Waals surface area (Å²) in [6.07, 6.45) is 8.78. The number of hydrogen-bond acceptors (Lipinski definition) is 1. The molecule has 1 aliphatic rings. The van der Waals surface area contributed by atoms with E-state index >= 15 is 0 Å². The van der Waals surface area contributed by atoms with E-state index in [0.717, 1.165) is 6.54 Å². The van der Waals surface area contributed by atoms with Gasteiger partial charge < -0.3 is 5.32 Å². The number of hydrogen-bond donors (Lipinski definition) is 1. The van der Waals surface area contributed by atoms with Gasteiger partial charge in [0.05, 0.1) is 0 Å². The van der Waals surface area contributed by atoms with Crippen LogP contribution in [-0.4, -0.2) is 13.6 Å². The molecule has 0 heterocycles. The van der Waals surface area contributed by atoms with Gasteiger partial charge in [-0.3, -0.25) is 0 Å². The fourth-order valence-electron chi connectivity index (χ4n) is 2.47. The minimum absolute atomic E-state index is 0.394. The molecule has 1 aromatic rings. The normalized spacial score (nSPS) is 17.3. The zero-order chi connectivity index (χ0) is 12.3. The van der Waals surface area contributed by atoms with Crippen molar-refractivity contribution < 1.29 is 0 Å². The van der Waals surface area contributed by atoms with Crippen molar-refractivity contribution in [3.63, 3.8) is 0 Å². The van der Waals surface area contributed by atoms with E-state index in [9.17, 15) is 0 Å². The van der Waals surface area contributed by atoms with Gasteiger partial charge in [-0.05, 0) is 43.5 Å². The maximum absolute atomic E-state index is 3.87. The van der Waals surface area contributed by atoms with E-state index in [-0.39, 0.29) is 0 Å². The Kier molecular flexibility index (Phi) is 3.49. The first kappa shape index (κ1) is 12.1. The summed E-state index contributed by atoms with van der Waals surface area (Å²) in [7, 11) is 2.03. The molecule has 0 amide bonds. The maximum Gasteiger partial charge on any atom is 0.00785 e. The van der Waals surface area contributed by atoms with Crippen LogP contribution in [0.4, 0.5) is 0 Å². The molecule has 90 valence electrons. The van der Waals surface area contributed by atoms with Gasteiger partial charge in [-0.2, -0.15) is 0 Å². The molecule has 17 heavy (non-hydrogen) atoms. The average Bonchev–Trinajstić information content (AvgIpc) is 3.11. The number of benzene rings is 1. The first-order valence-electron chi connectivity index (χ1n) is 6.30. The highest BCUT2D eigenvalue weighted by molar-refractivity contribution is 5.65. The van der Waals surface area contributed by atoms with Crippen LogP contribution in [-0.2, 0) is 5.41 Å². The van der Waals surface area contributed by atoms with E-state index in [1.54, 1.807) is 0 Å². The maximum atomic E-state index is 3.87. The van der Waals surface area contributed by atoms with Gasteiger partial charge in [0, 0.05) is 12.0 Å². The van der Waals surface area contributed by atoms with E-state index in [0.29, 0.717) is 5.41 Å². The highest BCUT2D eigenvalue weighted by atomic mass is 14.8. The van der Waals surface area contributed by atoms with Gasteiger partial charge in [-0.25, -0.2) is 0 Å². The van der Waals surface area contributed by atoms with Crippen LogP contribution in [0.5, 0.6) is 0 Å². The number of likely N-dealkylation sites (N-methyl/N-ethyl adjacent to an activating group) is 1. The van der Waals surface area contributed by atoms with E-state index < -0.39 is 0 Å². The van der Waals surface area contributed by atoms with E-state index in [1.165, 1.54) is 29.5 Å². The van der Waals surface area contributed by atoms with Gasteiger partial charge in [0.1, 0.15) is 0 Å². The molecule has 1 heteroatoms. The lowest BCUT2D eigenvalue weighted by Gasteiger charge is -2.16. The zero-order valence-corrected chi connectivity index (χ0v) is 10.8. The molecule has 1 aliphatic carbocycles. The molecule has 0 spiro atoms. The summed E-state index contributed by atoms with van der Waals surface area (Å²) in [6, 6.07) is 6.77. The summed E-state index contributed by atoms with van der Waals surface area (Å²) in [5.74, 6) is 0. The highest BCUT2D eigenvalue weighted by Gasteiger charge is 2.43. The monoisotopic (exact) mass is 227 g/mol. The van der Waals surface area contributed by atoms with E-state index in [1.807, 2.05) is 13.1 Å². The van der Waals surface area contributed by atoms with Crippen LogP contribution < -0.4 is 5.32 Å².